The SMILES string of the molecule is CCCCCCCCCCCCCCCCCCCCCC(=O)NC(COC1OC(CO)C(OC2OC(CO)C(OC3OC(CO)C(O)C(OC4OC(CO)C(O)C(O)C4O)C3CC(C)=O)C(OC3(C(=O)O)CC(O)C(NC(C)=O)C(C(O)C(CO)OC4(C(=O)O)CC(O)C(NC(C)=O)C(C(O)C(O)CO)O4)O3)C2O)C(O)C1O)C(O)CCCCCCCCCCCCCCC. The molecular formula is C89H159N3O39. The van der Waals surface area contributed by atoms with Crippen LogP contribution in [0, 0.1) is 5.92 Å². The number of ketones is 1. The van der Waals surface area contributed by atoms with Crippen LogP contribution in [0.5, 0.6) is 0 Å². The van der Waals surface area contributed by atoms with Crippen LogP contribution in [0.1, 0.15) is 272 Å². The summed E-state index contributed by atoms with van der Waals surface area (Å²) in [6, 6.07) is -5.01. The lowest BCUT2D eigenvalue weighted by molar-refractivity contribution is -0.407. The van der Waals surface area contributed by atoms with Crippen LogP contribution in [0.4, 0.5) is 0 Å². The summed E-state index contributed by atoms with van der Waals surface area (Å²) in [4.78, 5) is 80.6. The number of unbranched alkanes of at least 4 members (excludes halogenated alkanes) is 30. The van der Waals surface area contributed by atoms with Gasteiger partial charge in [0.05, 0.1) is 88.8 Å². The van der Waals surface area contributed by atoms with Crippen molar-refractivity contribution in [3.8, 4) is 0 Å². The summed E-state index contributed by atoms with van der Waals surface area (Å²) in [6.45, 7) is -0.675. The molecule has 0 aromatic carbocycles. The van der Waals surface area contributed by atoms with Gasteiger partial charge in [0.25, 0.3) is 11.6 Å². The maximum Gasteiger partial charge on any atom is 0.364 e. The Hall–Kier alpha value is -4.22. The van der Waals surface area contributed by atoms with Crippen molar-refractivity contribution in [3.05, 3.63) is 0 Å². The average Bonchev–Trinajstić information content (AvgIpc) is 0.730. The molecule has 131 heavy (non-hydrogen) atoms. The first-order valence-electron chi connectivity index (χ1n) is 47.8. The monoisotopic (exact) mass is 1890 g/mol. The number of Topliss-reactive ketones (excluding diaryl/α,β-unsaturated/α-hetero) is 1. The number of amides is 3. The first kappa shape index (κ1) is 115. The maximum absolute atomic E-state index is 14.4. The molecule has 42 heteroatoms. The van der Waals surface area contributed by atoms with Crippen molar-refractivity contribution in [1.82, 2.24) is 16.0 Å². The number of carbonyl (C=O) groups is 6. The molecule has 6 rings (SSSR count). The zero-order valence-corrected chi connectivity index (χ0v) is 76.8. The number of ether oxygens (including phenoxy) is 12. The van der Waals surface area contributed by atoms with E-state index in [4.69, 9.17) is 56.8 Å². The summed E-state index contributed by atoms with van der Waals surface area (Å²) in [5.74, 6) is -16.5. The van der Waals surface area contributed by atoms with E-state index in [0.29, 0.717) is 12.8 Å². The van der Waals surface area contributed by atoms with E-state index in [0.717, 1.165) is 91.4 Å². The summed E-state index contributed by atoms with van der Waals surface area (Å²) in [5, 5.41) is 246. The second kappa shape index (κ2) is 59.9. The highest BCUT2D eigenvalue weighted by molar-refractivity contribution is 5.78. The first-order chi connectivity index (χ1) is 62.6. The van der Waals surface area contributed by atoms with Crippen LogP contribution in [0.3, 0.4) is 0 Å². The highest BCUT2D eigenvalue weighted by Gasteiger charge is 2.64. The van der Waals surface area contributed by atoms with Gasteiger partial charge in [0.15, 0.2) is 25.2 Å². The fourth-order valence-corrected chi connectivity index (χ4v) is 18.2. The van der Waals surface area contributed by atoms with Gasteiger partial charge in [0.1, 0.15) is 128 Å². The Morgan fingerprint density at radius 2 is 0.802 bits per heavy atom. The zero-order valence-electron chi connectivity index (χ0n) is 76.8. The minimum absolute atomic E-state index is 0.113. The van der Waals surface area contributed by atoms with Gasteiger partial charge in [0, 0.05) is 45.4 Å². The lowest BCUT2D eigenvalue weighted by Gasteiger charge is -2.53. The highest BCUT2D eigenvalue weighted by Crippen LogP contribution is 2.44. The predicted molar refractivity (Wildman–Crippen MR) is 460 cm³/mol. The van der Waals surface area contributed by atoms with Crippen molar-refractivity contribution in [2.24, 2.45) is 5.92 Å². The molecular weight excluding hydrogens is 1730 g/mol. The summed E-state index contributed by atoms with van der Waals surface area (Å²) in [5.41, 5.74) is 0. The number of carbonyl (C=O) groups excluding carboxylic acids is 4. The Balaban J connectivity index is 1.30. The Morgan fingerprint density at radius 3 is 1.26 bits per heavy atom. The Labute approximate surface area is 766 Å². The molecule has 0 aromatic rings. The molecule has 42 nitrogen and oxygen atoms in total. The summed E-state index contributed by atoms with van der Waals surface area (Å²) < 4.78 is 72.7. The van der Waals surface area contributed by atoms with Gasteiger partial charge in [-0.2, -0.15) is 0 Å². The van der Waals surface area contributed by atoms with Crippen LogP contribution in [0.25, 0.3) is 0 Å². The van der Waals surface area contributed by atoms with Crippen LogP contribution >= 0.6 is 0 Å². The molecule has 6 heterocycles. The van der Waals surface area contributed by atoms with E-state index in [1.54, 1.807) is 0 Å². The van der Waals surface area contributed by atoms with Crippen molar-refractivity contribution in [2.45, 2.75) is 474 Å². The number of nitrogens with one attached hydrogen (secondary N) is 3. The van der Waals surface area contributed by atoms with Crippen molar-refractivity contribution >= 4 is 35.4 Å². The van der Waals surface area contributed by atoms with Crippen LogP contribution < -0.4 is 16.0 Å². The number of aliphatic hydroxyl groups excluding tert-OH is 19. The second-order valence-corrected chi connectivity index (χ2v) is 36.4. The van der Waals surface area contributed by atoms with E-state index in [2.05, 4.69) is 29.8 Å². The smallest absolute Gasteiger partial charge is 0.364 e. The minimum atomic E-state index is -3.67. The van der Waals surface area contributed by atoms with Crippen molar-refractivity contribution < 1.29 is 193 Å². The number of aliphatic carboxylic acids is 2. The molecule has 764 valence electrons. The van der Waals surface area contributed by atoms with Crippen LogP contribution in [-0.2, 0) is 85.6 Å². The van der Waals surface area contributed by atoms with Crippen LogP contribution in [0.15, 0.2) is 0 Å². The van der Waals surface area contributed by atoms with Gasteiger partial charge in [-0.25, -0.2) is 9.59 Å². The normalized spacial score (nSPS) is 34.4. The van der Waals surface area contributed by atoms with Gasteiger partial charge in [-0.3, -0.25) is 14.4 Å². The standard InChI is InChI=1S/C89H159N3O39/c1-6-8-10-12-14-16-18-20-21-22-23-24-25-27-29-31-33-35-37-39-64(106)92-54(55(102)38-36-34-32-30-28-26-19-17-15-13-11-9-7-2)49-120-83-74(114)72(112)77(62(47-97)123-83)126-85-75(115)81(78(63(48-98)124-85)127-82-53(40-50(3)99)76(69(109)60(45-95)121-82)125-84-73(113)71(111)68(108)59(44-94)122-84)131-89(87(118)119)42-57(104)66(91-52(5)101)80(130-89)70(110)61(46-96)128-88(86(116)117)41-56(103)65(90-51(4)100)79(129-88)67(107)58(105)43-93/h53-63,65-85,93-98,102-105,107-115H,6-49H2,1-5H3,(H,90,100)(H,91,101)(H,92,106)(H,116,117)(H,118,119). The van der Waals surface area contributed by atoms with Crippen LogP contribution in [-0.4, -0.2) is 390 Å². The summed E-state index contributed by atoms with van der Waals surface area (Å²) in [7, 11) is 0. The number of rotatable bonds is 65. The third kappa shape index (κ3) is 35.0. The first-order valence-corrected chi connectivity index (χ1v) is 47.8. The maximum atomic E-state index is 14.4. The molecule has 0 radical (unpaired) electrons. The molecule has 6 fully saturated rings. The zero-order chi connectivity index (χ0) is 96.7. The van der Waals surface area contributed by atoms with E-state index in [-0.39, 0.29) is 12.8 Å². The fourth-order valence-electron chi connectivity index (χ4n) is 18.2. The van der Waals surface area contributed by atoms with E-state index < -0.39 is 308 Å². The van der Waals surface area contributed by atoms with Gasteiger partial charge in [-0.1, -0.05) is 213 Å². The number of carboxylic acids is 2. The van der Waals surface area contributed by atoms with Crippen molar-refractivity contribution in [3.63, 3.8) is 0 Å². The van der Waals surface area contributed by atoms with E-state index in [1.165, 1.54) is 122 Å². The van der Waals surface area contributed by atoms with E-state index >= 15 is 0 Å². The predicted octanol–water partition coefficient (Wildman–Crippen LogP) is -0.994. The second-order valence-electron chi connectivity index (χ2n) is 36.4. The third-order valence-electron chi connectivity index (χ3n) is 25.7. The quantitative estimate of drug-likeness (QED) is 0.0325. The molecule has 24 N–H and O–H groups in total. The molecule has 34 unspecified atom stereocenters. The van der Waals surface area contributed by atoms with Gasteiger partial charge < -0.3 is 185 Å². The van der Waals surface area contributed by atoms with Crippen LogP contribution in [0.2, 0.25) is 0 Å². The topological polar surface area (TPSA) is 674 Å². The van der Waals surface area contributed by atoms with Gasteiger partial charge in [0.2, 0.25) is 17.7 Å². The molecule has 0 aromatic heterocycles. The van der Waals surface area contributed by atoms with E-state index in [1.807, 2.05) is 0 Å². The third-order valence-corrected chi connectivity index (χ3v) is 25.7. The molecule has 0 spiro atoms. The fraction of sp³-hybridized carbons (Fsp3) is 0.933. The summed E-state index contributed by atoms with van der Waals surface area (Å²) >= 11 is 0. The number of carboxylic acid groups (broad SMARTS) is 2. The minimum Gasteiger partial charge on any atom is -0.477 e. The Morgan fingerprint density at radius 1 is 0.405 bits per heavy atom. The number of hydrogen-bond acceptors (Lipinski definition) is 37. The molecule has 3 amide bonds. The number of aliphatic hydroxyl groups is 19. The molecule has 0 aliphatic carbocycles. The highest BCUT2D eigenvalue weighted by atomic mass is 16.8. The molecule has 6 aliphatic heterocycles. The molecule has 0 bridgehead atoms. The van der Waals surface area contributed by atoms with Gasteiger partial charge in [-0.05, 0) is 19.8 Å². The van der Waals surface area contributed by atoms with E-state index in [9.17, 15) is 136 Å². The Bertz CT molecular complexity index is 3220. The largest absolute Gasteiger partial charge is 0.477 e. The van der Waals surface area contributed by atoms with Gasteiger partial charge >= 0.3 is 11.9 Å². The molecule has 34 atom stereocenters. The average molecular weight is 1900 g/mol. The lowest BCUT2D eigenvalue weighted by atomic mass is 9.86. The van der Waals surface area contributed by atoms with Crippen molar-refractivity contribution in [2.75, 3.05) is 46.2 Å². The molecule has 0 saturated carbocycles. The summed E-state index contributed by atoms with van der Waals surface area (Å²) in [6.07, 6.45) is -28.3. The Kier molecular flexibility index (Phi) is 52.8. The molecule has 6 saturated heterocycles. The number of hydrogen-bond donors (Lipinski definition) is 24. The van der Waals surface area contributed by atoms with Crippen molar-refractivity contribution in [1.29, 1.82) is 0 Å². The lowest BCUT2D eigenvalue weighted by Crippen LogP contribution is -2.72. The molecule has 6 aliphatic rings. The van der Waals surface area contributed by atoms with Gasteiger partial charge in [-0.15, -0.1) is 0 Å².